The number of amides is 4. The smallest absolute Gasteiger partial charge is 0.327 e. The van der Waals surface area contributed by atoms with Crippen molar-refractivity contribution in [2.45, 2.75) is 38.1 Å². The van der Waals surface area contributed by atoms with E-state index in [1.165, 1.54) is 12.6 Å². The second-order valence-corrected chi connectivity index (χ2v) is 8.36. The molecular formula is C24H28N4O3. The first kappa shape index (κ1) is 21.0. The number of likely N-dealkylation sites (N-methyl/N-ethyl adjacent to an activating group) is 1. The summed E-state index contributed by atoms with van der Waals surface area (Å²) >= 11 is 0. The number of imide groups is 1. The first-order valence-corrected chi connectivity index (χ1v) is 10.8. The minimum atomic E-state index is -0.782. The summed E-state index contributed by atoms with van der Waals surface area (Å²) in [6.07, 6.45) is 3.99. The summed E-state index contributed by atoms with van der Waals surface area (Å²) in [5.41, 5.74) is 2.99. The van der Waals surface area contributed by atoms with E-state index < -0.39 is 12.0 Å². The lowest BCUT2D eigenvalue weighted by molar-refractivity contribution is -0.158. The van der Waals surface area contributed by atoms with Crippen LogP contribution in [0.25, 0.3) is 0 Å². The zero-order valence-electron chi connectivity index (χ0n) is 18.0. The lowest BCUT2D eigenvalue weighted by atomic mass is 9.81. The van der Waals surface area contributed by atoms with Crippen LogP contribution in [0.2, 0.25) is 0 Å². The molecule has 0 unspecified atom stereocenters. The van der Waals surface area contributed by atoms with Crippen LogP contribution >= 0.6 is 0 Å². The maximum Gasteiger partial charge on any atom is 0.327 e. The minimum Gasteiger partial charge on any atom is -0.357 e. The molecule has 3 heterocycles. The monoisotopic (exact) mass is 420 g/mol. The van der Waals surface area contributed by atoms with E-state index in [0.717, 1.165) is 29.0 Å². The SMILES string of the molecule is CNC(=O)[C@@H]1[C@@H](Cc2ccnc(C)c2)C(=O)N1C(=O)N1CCC[C@H](c2ccccc2)C1. The Kier molecular flexibility index (Phi) is 6.02. The Morgan fingerprint density at radius 1 is 1.19 bits per heavy atom. The molecule has 2 saturated heterocycles. The van der Waals surface area contributed by atoms with E-state index in [2.05, 4.69) is 22.4 Å². The average molecular weight is 421 g/mol. The van der Waals surface area contributed by atoms with Crippen LogP contribution in [0, 0.1) is 12.8 Å². The zero-order chi connectivity index (χ0) is 22.0. The second-order valence-electron chi connectivity index (χ2n) is 8.36. The minimum absolute atomic E-state index is 0.240. The van der Waals surface area contributed by atoms with E-state index in [4.69, 9.17) is 0 Å². The Morgan fingerprint density at radius 2 is 1.97 bits per heavy atom. The number of piperidine rings is 1. The highest BCUT2D eigenvalue weighted by atomic mass is 16.2. The molecule has 0 spiro atoms. The van der Waals surface area contributed by atoms with Gasteiger partial charge in [-0.2, -0.15) is 0 Å². The van der Waals surface area contributed by atoms with Crippen molar-refractivity contribution in [2.24, 2.45) is 5.92 Å². The van der Waals surface area contributed by atoms with Crippen molar-refractivity contribution in [3.63, 3.8) is 0 Å². The van der Waals surface area contributed by atoms with Gasteiger partial charge in [0.15, 0.2) is 0 Å². The first-order valence-electron chi connectivity index (χ1n) is 10.8. The predicted molar refractivity (Wildman–Crippen MR) is 116 cm³/mol. The van der Waals surface area contributed by atoms with Crippen LogP contribution in [0.4, 0.5) is 4.79 Å². The largest absolute Gasteiger partial charge is 0.357 e. The van der Waals surface area contributed by atoms with E-state index in [9.17, 15) is 14.4 Å². The number of aromatic nitrogens is 1. The molecule has 31 heavy (non-hydrogen) atoms. The third kappa shape index (κ3) is 4.17. The number of pyridine rings is 1. The van der Waals surface area contributed by atoms with Gasteiger partial charge in [0, 0.05) is 37.9 Å². The number of nitrogens with one attached hydrogen (secondary N) is 1. The van der Waals surface area contributed by atoms with Gasteiger partial charge in [0.2, 0.25) is 11.8 Å². The molecule has 2 aromatic rings. The predicted octanol–water partition coefficient (Wildman–Crippen LogP) is 2.51. The maximum atomic E-state index is 13.3. The van der Waals surface area contributed by atoms with Crippen LogP contribution in [-0.4, -0.2) is 58.8 Å². The normalized spacial score (nSPS) is 23.3. The molecule has 0 aliphatic carbocycles. The van der Waals surface area contributed by atoms with Crippen molar-refractivity contribution in [3.05, 3.63) is 65.5 Å². The van der Waals surface area contributed by atoms with Crippen molar-refractivity contribution in [3.8, 4) is 0 Å². The number of hydrogen-bond acceptors (Lipinski definition) is 4. The van der Waals surface area contributed by atoms with Gasteiger partial charge in [0.05, 0.1) is 5.92 Å². The fraction of sp³-hybridized carbons (Fsp3) is 0.417. The Balaban J connectivity index is 1.50. The molecule has 7 heteroatoms. The van der Waals surface area contributed by atoms with Gasteiger partial charge in [-0.15, -0.1) is 0 Å². The summed E-state index contributed by atoms with van der Waals surface area (Å²) in [6.45, 7) is 3.04. The summed E-state index contributed by atoms with van der Waals surface area (Å²) in [5, 5.41) is 2.62. The molecule has 2 aliphatic rings. The highest BCUT2D eigenvalue weighted by Crippen LogP contribution is 2.34. The number of hydrogen-bond donors (Lipinski definition) is 1. The van der Waals surface area contributed by atoms with Crippen molar-refractivity contribution in [1.82, 2.24) is 20.1 Å². The fourth-order valence-corrected chi connectivity index (χ4v) is 4.69. The van der Waals surface area contributed by atoms with E-state index in [0.29, 0.717) is 19.5 Å². The highest BCUT2D eigenvalue weighted by Gasteiger charge is 2.55. The van der Waals surface area contributed by atoms with Gasteiger partial charge < -0.3 is 10.2 Å². The number of urea groups is 1. The van der Waals surface area contributed by atoms with Crippen LogP contribution in [-0.2, 0) is 16.0 Å². The molecule has 2 fully saturated rings. The summed E-state index contributed by atoms with van der Waals surface area (Å²) in [4.78, 5) is 46.0. The summed E-state index contributed by atoms with van der Waals surface area (Å²) < 4.78 is 0. The Morgan fingerprint density at radius 3 is 2.68 bits per heavy atom. The van der Waals surface area contributed by atoms with Gasteiger partial charge in [-0.3, -0.25) is 19.5 Å². The number of rotatable bonds is 4. The Labute approximate surface area is 182 Å². The summed E-state index contributed by atoms with van der Waals surface area (Å²) in [5.74, 6) is -0.889. The molecule has 2 aliphatic heterocycles. The summed E-state index contributed by atoms with van der Waals surface area (Å²) in [7, 11) is 1.54. The van der Waals surface area contributed by atoms with Crippen LogP contribution in [0.1, 0.15) is 35.6 Å². The maximum absolute atomic E-state index is 13.3. The number of likely N-dealkylation sites (tertiary alicyclic amines) is 2. The molecule has 4 rings (SSSR count). The third-order valence-electron chi connectivity index (χ3n) is 6.31. The molecule has 4 amide bonds. The van der Waals surface area contributed by atoms with Gasteiger partial charge in [0.25, 0.3) is 0 Å². The molecule has 7 nitrogen and oxygen atoms in total. The summed E-state index contributed by atoms with van der Waals surface area (Å²) in [6, 6.07) is 12.8. The second kappa shape index (κ2) is 8.88. The van der Waals surface area contributed by atoms with Crippen LogP contribution in [0.5, 0.6) is 0 Å². The molecular weight excluding hydrogens is 392 g/mol. The standard InChI is InChI=1S/C24H28N4O3/c1-16-13-17(10-11-26-16)14-20-21(22(29)25-2)28(23(20)30)24(31)27-12-6-9-19(15-27)18-7-4-3-5-8-18/h3-5,7-8,10-11,13,19-21H,6,9,12,14-15H2,1-2H3,(H,25,29)/t19-,20+,21-/m0/s1. The van der Waals surface area contributed by atoms with Crippen molar-refractivity contribution < 1.29 is 14.4 Å². The van der Waals surface area contributed by atoms with Gasteiger partial charge >= 0.3 is 6.03 Å². The van der Waals surface area contributed by atoms with Crippen LogP contribution in [0.15, 0.2) is 48.7 Å². The van der Waals surface area contributed by atoms with Crippen LogP contribution in [0.3, 0.4) is 0 Å². The molecule has 3 atom stereocenters. The molecule has 1 N–H and O–H groups in total. The highest BCUT2D eigenvalue weighted by molar-refractivity contribution is 6.09. The lowest BCUT2D eigenvalue weighted by Gasteiger charge is -2.47. The number of carbonyl (C=O) groups excluding carboxylic acids is 3. The Bertz CT molecular complexity index is 978. The van der Waals surface area contributed by atoms with E-state index in [-0.39, 0.29) is 23.8 Å². The van der Waals surface area contributed by atoms with Gasteiger partial charge in [-0.1, -0.05) is 30.3 Å². The molecule has 0 bridgehead atoms. The van der Waals surface area contributed by atoms with E-state index >= 15 is 0 Å². The zero-order valence-corrected chi connectivity index (χ0v) is 18.0. The number of nitrogens with zero attached hydrogens (tertiary/aromatic N) is 3. The van der Waals surface area contributed by atoms with Gasteiger partial charge in [-0.05, 0) is 49.4 Å². The van der Waals surface area contributed by atoms with Gasteiger partial charge in [0.1, 0.15) is 6.04 Å². The molecule has 1 aromatic carbocycles. The van der Waals surface area contributed by atoms with Gasteiger partial charge in [-0.25, -0.2) is 4.79 Å². The van der Waals surface area contributed by atoms with E-state index in [1.54, 1.807) is 11.1 Å². The molecule has 162 valence electrons. The average Bonchev–Trinajstić information content (AvgIpc) is 2.80. The number of benzene rings is 1. The number of carbonyl (C=O) groups is 3. The van der Waals surface area contributed by atoms with Crippen LogP contribution < -0.4 is 5.32 Å². The fourth-order valence-electron chi connectivity index (χ4n) is 4.69. The third-order valence-corrected chi connectivity index (χ3v) is 6.31. The molecule has 1 aromatic heterocycles. The molecule has 0 saturated carbocycles. The quantitative estimate of drug-likeness (QED) is 0.771. The number of aryl methyl sites for hydroxylation is 1. The Hall–Kier alpha value is -3.22. The van der Waals surface area contributed by atoms with E-state index in [1.807, 2.05) is 37.3 Å². The topological polar surface area (TPSA) is 82.6 Å². The first-order chi connectivity index (χ1) is 15.0. The lowest BCUT2D eigenvalue weighted by Crippen LogP contribution is -2.70. The van der Waals surface area contributed by atoms with Crippen molar-refractivity contribution in [1.29, 1.82) is 0 Å². The molecule has 0 radical (unpaired) electrons. The van der Waals surface area contributed by atoms with Crippen molar-refractivity contribution >= 4 is 17.8 Å². The number of β-lactam (4-membered cyclic amide) rings is 1. The van der Waals surface area contributed by atoms with Crippen molar-refractivity contribution in [2.75, 3.05) is 20.1 Å².